The van der Waals surface area contributed by atoms with Gasteiger partial charge in [0.05, 0.1) is 0 Å². The molecule has 1 unspecified atom stereocenters. The molecule has 2 amide bonds. The number of nitrogens with one attached hydrogen (secondary N) is 2. The molecule has 1 atom stereocenters. The third kappa shape index (κ3) is 10.4. The lowest BCUT2D eigenvalue weighted by atomic mass is 10.1. The molecule has 2 rings (SSSR count). The Labute approximate surface area is 201 Å². The van der Waals surface area contributed by atoms with Crippen LogP contribution in [0.4, 0.5) is 15.3 Å². The Kier molecular flexibility index (Phi) is 9.06. The minimum atomic E-state index is -0.955. The van der Waals surface area contributed by atoms with Gasteiger partial charge in [-0.3, -0.25) is 5.32 Å². The Balaban J connectivity index is 2.06. The van der Waals surface area contributed by atoms with Crippen LogP contribution < -0.4 is 10.6 Å². The van der Waals surface area contributed by atoms with Crippen LogP contribution in [0.25, 0.3) is 0 Å². The number of rotatable bonds is 7. The average Bonchev–Trinajstić information content (AvgIpc) is 2.71. The van der Waals surface area contributed by atoms with Crippen molar-refractivity contribution < 1.29 is 28.6 Å². The largest absolute Gasteiger partial charge is 0.459 e. The molecule has 0 fully saturated rings. The van der Waals surface area contributed by atoms with Crippen molar-refractivity contribution in [2.75, 3.05) is 5.32 Å². The molecular weight excluding hydrogens is 436 g/mol. The fourth-order valence-electron chi connectivity index (χ4n) is 2.85. The number of anilines is 1. The van der Waals surface area contributed by atoms with Gasteiger partial charge in [-0.25, -0.2) is 14.4 Å². The van der Waals surface area contributed by atoms with Crippen LogP contribution in [-0.4, -0.2) is 35.4 Å². The molecule has 0 aliphatic carbocycles. The summed E-state index contributed by atoms with van der Waals surface area (Å²) < 4.78 is 16.0. The van der Waals surface area contributed by atoms with Crippen LogP contribution in [0.2, 0.25) is 0 Å². The molecule has 0 heterocycles. The van der Waals surface area contributed by atoms with Crippen LogP contribution in [0.5, 0.6) is 0 Å². The highest BCUT2D eigenvalue weighted by molar-refractivity contribution is 5.85. The summed E-state index contributed by atoms with van der Waals surface area (Å²) in [6, 6.07) is 15.2. The zero-order valence-corrected chi connectivity index (χ0v) is 20.6. The van der Waals surface area contributed by atoms with Crippen molar-refractivity contribution in [3.63, 3.8) is 0 Å². The quantitative estimate of drug-likeness (QED) is 0.425. The minimum Gasteiger partial charge on any atom is -0.459 e. The summed E-state index contributed by atoms with van der Waals surface area (Å²) in [5, 5.41) is 5.26. The summed E-state index contributed by atoms with van der Waals surface area (Å²) in [6.07, 6.45) is -1.09. The molecule has 8 nitrogen and oxygen atoms in total. The van der Waals surface area contributed by atoms with Crippen LogP contribution in [0, 0.1) is 0 Å². The van der Waals surface area contributed by atoms with Gasteiger partial charge in [0.25, 0.3) is 0 Å². The number of hydrogen-bond donors (Lipinski definition) is 2. The van der Waals surface area contributed by atoms with Gasteiger partial charge in [-0.2, -0.15) is 0 Å². The van der Waals surface area contributed by atoms with Gasteiger partial charge in [0.2, 0.25) is 0 Å². The SMILES string of the molecule is CC(C)(C)OC(=O)Nc1ccc(CC(NC(=O)OC(C)(C)C)C(=O)OCc2ccccc2)cc1. The van der Waals surface area contributed by atoms with Crippen LogP contribution in [0.15, 0.2) is 54.6 Å². The number of amides is 2. The minimum absolute atomic E-state index is 0.0882. The Morgan fingerprint density at radius 1 is 0.765 bits per heavy atom. The van der Waals surface area contributed by atoms with Gasteiger partial charge < -0.3 is 19.5 Å². The summed E-state index contributed by atoms with van der Waals surface area (Å²) >= 11 is 0. The van der Waals surface area contributed by atoms with E-state index in [0.717, 1.165) is 11.1 Å². The summed E-state index contributed by atoms with van der Waals surface area (Å²) in [5.41, 5.74) is 0.820. The van der Waals surface area contributed by atoms with E-state index in [1.54, 1.807) is 65.8 Å². The van der Waals surface area contributed by atoms with Gasteiger partial charge in [-0.1, -0.05) is 42.5 Å². The van der Waals surface area contributed by atoms with E-state index >= 15 is 0 Å². The molecular formula is C26H34N2O6. The monoisotopic (exact) mass is 470 g/mol. The van der Waals surface area contributed by atoms with Crippen LogP contribution >= 0.6 is 0 Å². The molecule has 8 heteroatoms. The van der Waals surface area contributed by atoms with Gasteiger partial charge in [0, 0.05) is 12.1 Å². The van der Waals surface area contributed by atoms with Crippen molar-refractivity contribution in [3.8, 4) is 0 Å². The maximum absolute atomic E-state index is 12.8. The topological polar surface area (TPSA) is 103 Å². The molecule has 0 saturated heterocycles. The van der Waals surface area contributed by atoms with Crippen molar-refractivity contribution >= 4 is 23.8 Å². The molecule has 184 valence electrons. The predicted molar refractivity (Wildman–Crippen MR) is 129 cm³/mol. The molecule has 0 radical (unpaired) electrons. The first kappa shape index (κ1) is 26.7. The number of ether oxygens (including phenoxy) is 3. The van der Waals surface area contributed by atoms with E-state index < -0.39 is 35.4 Å². The van der Waals surface area contributed by atoms with Crippen molar-refractivity contribution in [1.29, 1.82) is 0 Å². The van der Waals surface area contributed by atoms with Gasteiger partial charge in [-0.15, -0.1) is 0 Å². The molecule has 0 aliphatic heterocycles. The molecule has 34 heavy (non-hydrogen) atoms. The molecule has 2 N–H and O–H groups in total. The molecule has 0 aliphatic rings. The van der Waals surface area contributed by atoms with E-state index in [-0.39, 0.29) is 13.0 Å². The number of carbonyl (C=O) groups is 3. The fraction of sp³-hybridized carbons (Fsp3) is 0.423. The normalized spacial score (nSPS) is 12.3. The van der Waals surface area contributed by atoms with E-state index in [1.165, 1.54) is 0 Å². The van der Waals surface area contributed by atoms with Crippen molar-refractivity contribution in [3.05, 3.63) is 65.7 Å². The number of benzene rings is 2. The molecule has 2 aromatic rings. The molecule has 0 aromatic heterocycles. The number of alkyl carbamates (subject to hydrolysis) is 1. The van der Waals surface area contributed by atoms with E-state index in [2.05, 4.69) is 10.6 Å². The molecule has 2 aromatic carbocycles. The summed E-state index contributed by atoms with van der Waals surface area (Å²) in [5.74, 6) is -0.578. The summed E-state index contributed by atoms with van der Waals surface area (Å²) in [6.45, 7) is 10.7. The Bertz CT molecular complexity index is 960. The summed E-state index contributed by atoms with van der Waals surface area (Å²) in [4.78, 5) is 37.1. The molecule has 0 spiro atoms. The fourth-order valence-corrected chi connectivity index (χ4v) is 2.85. The van der Waals surface area contributed by atoms with E-state index in [4.69, 9.17) is 14.2 Å². The highest BCUT2D eigenvalue weighted by Crippen LogP contribution is 2.15. The number of carbonyl (C=O) groups excluding carboxylic acids is 3. The maximum Gasteiger partial charge on any atom is 0.412 e. The van der Waals surface area contributed by atoms with E-state index in [1.807, 2.05) is 30.3 Å². The second-order valence-corrected chi connectivity index (χ2v) is 9.82. The van der Waals surface area contributed by atoms with Crippen LogP contribution in [-0.2, 0) is 32.0 Å². The van der Waals surface area contributed by atoms with Gasteiger partial charge >= 0.3 is 18.2 Å². The van der Waals surface area contributed by atoms with Gasteiger partial charge in [-0.05, 0) is 64.8 Å². The first-order valence-electron chi connectivity index (χ1n) is 11.1. The van der Waals surface area contributed by atoms with Crippen LogP contribution in [0.3, 0.4) is 0 Å². The Morgan fingerprint density at radius 3 is 1.88 bits per heavy atom. The van der Waals surface area contributed by atoms with E-state index in [9.17, 15) is 14.4 Å². The first-order valence-corrected chi connectivity index (χ1v) is 11.1. The Morgan fingerprint density at radius 2 is 1.32 bits per heavy atom. The van der Waals surface area contributed by atoms with E-state index in [0.29, 0.717) is 5.69 Å². The maximum atomic E-state index is 12.8. The smallest absolute Gasteiger partial charge is 0.412 e. The zero-order chi connectivity index (χ0) is 25.4. The standard InChI is InChI=1S/C26H34N2O6/c1-25(2,3)33-23(30)27-20-14-12-18(13-15-20)16-21(28-24(31)34-26(4,5)6)22(29)32-17-19-10-8-7-9-11-19/h7-15,21H,16-17H2,1-6H3,(H,27,30)(H,28,31). The Hall–Kier alpha value is -3.55. The molecule has 0 bridgehead atoms. The average molecular weight is 471 g/mol. The third-order valence-electron chi connectivity index (χ3n) is 4.24. The second-order valence-electron chi connectivity index (χ2n) is 9.82. The first-order chi connectivity index (χ1) is 15.8. The van der Waals surface area contributed by atoms with Gasteiger partial charge in [0.1, 0.15) is 23.9 Å². The zero-order valence-electron chi connectivity index (χ0n) is 20.6. The highest BCUT2D eigenvalue weighted by atomic mass is 16.6. The van der Waals surface area contributed by atoms with Crippen LogP contribution in [0.1, 0.15) is 52.7 Å². The predicted octanol–water partition coefficient (Wildman–Crippen LogP) is 5.21. The molecule has 0 saturated carbocycles. The second kappa shape index (κ2) is 11.5. The third-order valence-corrected chi connectivity index (χ3v) is 4.24. The number of esters is 1. The van der Waals surface area contributed by atoms with Crippen molar-refractivity contribution in [2.45, 2.75) is 71.8 Å². The lowest BCUT2D eigenvalue weighted by molar-refractivity contribution is -0.147. The van der Waals surface area contributed by atoms with Crippen molar-refractivity contribution in [1.82, 2.24) is 5.32 Å². The lowest BCUT2D eigenvalue weighted by Crippen LogP contribution is -2.45. The van der Waals surface area contributed by atoms with Gasteiger partial charge in [0.15, 0.2) is 0 Å². The lowest BCUT2D eigenvalue weighted by Gasteiger charge is -2.23. The number of hydrogen-bond acceptors (Lipinski definition) is 6. The van der Waals surface area contributed by atoms with Crippen molar-refractivity contribution in [2.24, 2.45) is 0 Å². The summed E-state index contributed by atoms with van der Waals surface area (Å²) in [7, 11) is 0. The highest BCUT2D eigenvalue weighted by Gasteiger charge is 2.26.